The second-order valence-electron chi connectivity index (χ2n) is 8.82. The van der Waals surface area contributed by atoms with Crippen LogP contribution in [0.3, 0.4) is 0 Å². The Morgan fingerprint density at radius 2 is 1.80 bits per heavy atom. The van der Waals surface area contributed by atoms with Crippen LogP contribution in [0.1, 0.15) is 27.3 Å². The molecule has 0 aliphatic carbocycles. The second-order valence-corrected chi connectivity index (χ2v) is 10.6. The van der Waals surface area contributed by atoms with Gasteiger partial charge in [-0.05, 0) is 54.8 Å². The Morgan fingerprint density at radius 1 is 1.07 bits per heavy atom. The third kappa shape index (κ3) is 6.91. The number of hydrogen-bond donors (Lipinski definition) is 1. The van der Waals surface area contributed by atoms with Crippen molar-refractivity contribution >= 4 is 40.0 Å². The first-order chi connectivity index (χ1) is 19.3. The molecule has 9 nitrogen and oxygen atoms in total. The number of methoxy groups -OCH3 is 2. The van der Waals surface area contributed by atoms with Gasteiger partial charge < -0.3 is 19.5 Å². The topological polar surface area (TPSA) is 105 Å². The van der Waals surface area contributed by atoms with E-state index in [9.17, 15) is 9.59 Å². The van der Waals surface area contributed by atoms with Gasteiger partial charge in [0.25, 0.3) is 0 Å². The summed E-state index contributed by atoms with van der Waals surface area (Å²) in [4.78, 5) is 25.6. The summed E-state index contributed by atoms with van der Waals surface area (Å²) in [6.45, 7) is 8.55. The van der Waals surface area contributed by atoms with Gasteiger partial charge in [0.1, 0.15) is 28.7 Å². The Bertz CT molecular complexity index is 1490. The van der Waals surface area contributed by atoms with E-state index < -0.39 is 5.97 Å². The Hall–Kier alpha value is -4.09. The van der Waals surface area contributed by atoms with Gasteiger partial charge in [0.15, 0.2) is 11.0 Å². The van der Waals surface area contributed by atoms with Crippen LogP contribution in [0.5, 0.6) is 11.5 Å². The third-order valence-corrected chi connectivity index (χ3v) is 7.70. The van der Waals surface area contributed by atoms with Crippen molar-refractivity contribution in [3.8, 4) is 22.6 Å². The monoisotopic (exact) mass is 578 g/mol. The molecule has 4 rings (SSSR count). The number of hydrogen-bond acceptors (Lipinski definition) is 9. The van der Waals surface area contributed by atoms with E-state index in [0.717, 1.165) is 22.4 Å². The number of nitrogens with zero attached hydrogens (tertiary/aromatic N) is 3. The van der Waals surface area contributed by atoms with Crippen LogP contribution in [0, 0.1) is 13.8 Å². The van der Waals surface area contributed by atoms with E-state index >= 15 is 0 Å². The zero-order chi connectivity index (χ0) is 28.6. The van der Waals surface area contributed by atoms with E-state index in [1.807, 2.05) is 60.2 Å². The first kappa shape index (κ1) is 28.9. The average Bonchev–Trinajstić information content (AvgIpc) is 3.53. The van der Waals surface area contributed by atoms with E-state index in [-0.39, 0.29) is 18.3 Å². The van der Waals surface area contributed by atoms with Crippen molar-refractivity contribution in [2.75, 3.05) is 25.3 Å². The molecule has 0 radical (unpaired) electrons. The van der Waals surface area contributed by atoms with Crippen LogP contribution in [0.15, 0.2) is 65.7 Å². The van der Waals surface area contributed by atoms with E-state index in [0.29, 0.717) is 39.4 Å². The number of thiophene rings is 1. The molecule has 2 aromatic heterocycles. The number of aromatic nitrogens is 3. The summed E-state index contributed by atoms with van der Waals surface area (Å²) < 4.78 is 18.1. The van der Waals surface area contributed by atoms with Crippen LogP contribution in [0.4, 0.5) is 5.00 Å². The predicted molar refractivity (Wildman–Crippen MR) is 157 cm³/mol. The van der Waals surface area contributed by atoms with Crippen molar-refractivity contribution in [2.24, 2.45) is 0 Å². The summed E-state index contributed by atoms with van der Waals surface area (Å²) >= 11 is 2.50. The van der Waals surface area contributed by atoms with Crippen LogP contribution in [-0.4, -0.2) is 46.6 Å². The number of ether oxygens (including phenoxy) is 3. The van der Waals surface area contributed by atoms with Crippen molar-refractivity contribution in [3.05, 3.63) is 83.0 Å². The highest BCUT2D eigenvalue weighted by atomic mass is 32.2. The minimum absolute atomic E-state index is 0.0591. The highest BCUT2D eigenvalue weighted by molar-refractivity contribution is 7.99. The lowest BCUT2D eigenvalue weighted by atomic mass is 10.0. The summed E-state index contributed by atoms with van der Waals surface area (Å²) in [6.07, 6.45) is 1.74. The SMILES string of the molecule is C=CCn1c(COc2cc(C)cc(C)c2)nnc1SCC(=O)Nc1scc(-c2ccc(OC)cc2)c1C(=O)OC. The van der Waals surface area contributed by atoms with Gasteiger partial charge in [-0.3, -0.25) is 9.36 Å². The first-order valence-electron chi connectivity index (χ1n) is 12.3. The number of aryl methyl sites for hydroxylation is 2. The van der Waals surface area contributed by atoms with Crippen molar-refractivity contribution in [1.82, 2.24) is 14.8 Å². The number of carbonyl (C=O) groups is 2. The van der Waals surface area contributed by atoms with Gasteiger partial charge in [-0.2, -0.15) is 0 Å². The van der Waals surface area contributed by atoms with Crippen LogP contribution >= 0.6 is 23.1 Å². The lowest BCUT2D eigenvalue weighted by Gasteiger charge is -2.10. The fraction of sp³-hybridized carbons (Fsp3) is 0.241. The van der Waals surface area contributed by atoms with Crippen molar-refractivity contribution < 1.29 is 23.8 Å². The Balaban J connectivity index is 1.45. The highest BCUT2D eigenvalue weighted by Gasteiger charge is 2.23. The number of benzene rings is 2. The van der Waals surface area contributed by atoms with Gasteiger partial charge in [0.05, 0.1) is 20.0 Å². The Kier molecular flexibility index (Phi) is 9.62. The molecule has 0 spiro atoms. The van der Waals surface area contributed by atoms with E-state index in [2.05, 4.69) is 28.2 Å². The van der Waals surface area contributed by atoms with E-state index in [4.69, 9.17) is 14.2 Å². The number of amides is 1. The normalized spacial score (nSPS) is 10.7. The van der Waals surface area contributed by atoms with Gasteiger partial charge in [-0.25, -0.2) is 4.79 Å². The smallest absolute Gasteiger partial charge is 0.341 e. The fourth-order valence-corrected chi connectivity index (χ4v) is 5.78. The number of anilines is 1. The summed E-state index contributed by atoms with van der Waals surface area (Å²) in [5.41, 5.74) is 4.00. The van der Waals surface area contributed by atoms with E-state index in [1.165, 1.54) is 30.2 Å². The molecule has 40 heavy (non-hydrogen) atoms. The summed E-state index contributed by atoms with van der Waals surface area (Å²) in [7, 11) is 2.90. The Labute approximate surface area is 241 Å². The largest absolute Gasteiger partial charge is 0.497 e. The van der Waals surface area contributed by atoms with Crippen LogP contribution in [-0.2, 0) is 22.7 Å². The fourth-order valence-electron chi connectivity index (χ4n) is 4.04. The predicted octanol–water partition coefficient (Wildman–Crippen LogP) is 5.91. The zero-order valence-electron chi connectivity index (χ0n) is 22.7. The average molecular weight is 579 g/mol. The molecule has 11 heteroatoms. The maximum Gasteiger partial charge on any atom is 0.341 e. The second kappa shape index (κ2) is 13.3. The lowest BCUT2D eigenvalue weighted by molar-refractivity contribution is -0.113. The number of carbonyl (C=O) groups excluding carboxylic acids is 2. The summed E-state index contributed by atoms with van der Waals surface area (Å²) in [6, 6.07) is 13.3. The highest BCUT2D eigenvalue weighted by Crippen LogP contribution is 2.37. The molecule has 0 saturated heterocycles. The molecular weight excluding hydrogens is 548 g/mol. The number of thioether (sulfide) groups is 1. The van der Waals surface area contributed by atoms with Gasteiger partial charge in [0, 0.05) is 17.5 Å². The van der Waals surface area contributed by atoms with E-state index in [1.54, 1.807) is 13.2 Å². The molecule has 0 aliphatic rings. The molecule has 0 bridgehead atoms. The quantitative estimate of drug-likeness (QED) is 0.126. The molecule has 208 valence electrons. The zero-order valence-corrected chi connectivity index (χ0v) is 24.4. The van der Waals surface area contributed by atoms with Gasteiger partial charge in [-0.15, -0.1) is 28.1 Å². The maximum atomic E-state index is 12.9. The van der Waals surface area contributed by atoms with Crippen LogP contribution < -0.4 is 14.8 Å². The molecule has 0 aliphatic heterocycles. The minimum Gasteiger partial charge on any atom is -0.497 e. The molecule has 0 fully saturated rings. The summed E-state index contributed by atoms with van der Waals surface area (Å²) in [5.74, 6) is 1.31. The standard InChI is InChI=1S/C29H30N4O5S2/c1-6-11-33-24(15-38-22-13-18(2)12-19(3)14-22)31-32-29(33)40-17-25(34)30-27-26(28(35)37-5)23(16-39-27)20-7-9-21(36-4)10-8-20/h6-10,12-14,16H,1,11,15,17H2,2-5H3,(H,30,34). The minimum atomic E-state index is -0.533. The molecule has 0 saturated carbocycles. The van der Waals surface area contributed by atoms with Crippen molar-refractivity contribution in [2.45, 2.75) is 32.2 Å². The molecule has 1 amide bonds. The first-order valence-corrected chi connectivity index (χ1v) is 14.2. The van der Waals surface area contributed by atoms with Crippen LogP contribution in [0.2, 0.25) is 0 Å². The molecule has 0 atom stereocenters. The van der Waals surface area contributed by atoms with Crippen molar-refractivity contribution in [3.63, 3.8) is 0 Å². The van der Waals surface area contributed by atoms with Gasteiger partial charge in [0.2, 0.25) is 5.91 Å². The number of nitrogens with one attached hydrogen (secondary N) is 1. The van der Waals surface area contributed by atoms with Crippen molar-refractivity contribution in [1.29, 1.82) is 0 Å². The lowest BCUT2D eigenvalue weighted by Crippen LogP contribution is -2.16. The number of allylic oxidation sites excluding steroid dienone is 1. The van der Waals surface area contributed by atoms with Gasteiger partial charge in [-0.1, -0.05) is 36.0 Å². The molecule has 1 N–H and O–H groups in total. The molecule has 0 unspecified atom stereocenters. The summed E-state index contributed by atoms with van der Waals surface area (Å²) in [5, 5.41) is 14.2. The maximum absolute atomic E-state index is 12.9. The van der Waals surface area contributed by atoms with Crippen LogP contribution in [0.25, 0.3) is 11.1 Å². The molecule has 2 heterocycles. The number of rotatable bonds is 12. The number of esters is 1. The third-order valence-electron chi connectivity index (χ3n) is 5.84. The molecular formula is C29H30N4O5S2. The molecule has 4 aromatic rings. The Morgan fingerprint density at radius 3 is 2.45 bits per heavy atom. The van der Waals surface area contributed by atoms with Gasteiger partial charge >= 0.3 is 5.97 Å². The molecule has 2 aromatic carbocycles.